The molecule has 1 heterocycles. The Morgan fingerprint density at radius 2 is 1.85 bits per heavy atom. The predicted molar refractivity (Wildman–Crippen MR) is 108 cm³/mol. The quantitative estimate of drug-likeness (QED) is 0.741. The summed E-state index contributed by atoms with van der Waals surface area (Å²) in [5.74, 6) is 0.204. The molecular formula is C22H33N3O2. The van der Waals surface area contributed by atoms with Crippen LogP contribution in [0.4, 0.5) is 4.79 Å². The second-order valence-electron chi connectivity index (χ2n) is 7.94. The fourth-order valence-electron chi connectivity index (χ4n) is 4.42. The summed E-state index contributed by atoms with van der Waals surface area (Å²) in [4.78, 5) is 26.7. The van der Waals surface area contributed by atoms with Crippen LogP contribution in [0.3, 0.4) is 0 Å². The molecule has 2 fully saturated rings. The van der Waals surface area contributed by atoms with Crippen molar-refractivity contribution < 1.29 is 9.59 Å². The topological polar surface area (TPSA) is 61.4 Å². The van der Waals surface area contributed by atoms with E-state index in [0.29, 0.717) is 25.4 Å². The molecule has 3 rings (SSSR count). The van der Waals surface area contributed by atoms with E-state index in [1.807, 2.05) is 11.0 Å². The maximum Gasteiger partial charge on any atom is 0.315 e. The van der Waals surface area contributed by atoms with Crippen molar-refractivity contribution in [2.45, 2.75) is 76.8 Å². The number of rotatable bonds is 6. The minimum absolute atomic E-state index is 0.0895. The van der Waals surface area contributed by atoms with Crippen molar-refractivity contribution in [3.8, 4) is 0 Å². The number of carbonyl (C=O) groups excluding carboxylic acids is 2. The van der Waals surface area contributed by atoms with Crippen molar-refractivity contribution in [1.29, 1.82) is 0 Å². The van der Waals surface area contributed by atoms with E-state index in [1.165, 1.54) is 30.4 Å². The highest BCUT2D eigenvalue weighted by molar-refractivity contribution is 5.77. The zero-order valence-electron chi connectivity index (χ0n) is 16.5. The lowest BCUT2D eigenvalue weighted by atomic mass is 9.96. The SMILES string of the molecule is Cc1ccccc1C1CCCN1C(=O)CCCNC(=O)NC1CCCCC1. The highest BCUT2D eigenvalue weighted by Crippen LogP contribution is 2.34. The summed E-state index contributed by atoms with van der Waals surface area (Å²) in [5.41, 5.74) is 2.52. The Labute approximate surface area is 162 Å². The Bertz CT molecular complexity index is 640. The molecule has 1 unspecified atom stereocenters. The van der Waals surface area contributed by atoms with E-state index in [9.17, 15) is 9.59 Å². The monoisotopic (exact) mass is 371 g/mol. The maximum atomic E-state index is 12.7. The summed E-state index contributed by atoms with van der Waals surface area (Å²) in [5, 5.41) is 5.96. The summed E-state index contributed by atoms with van der Waals surface area (Å²) in [6.07, 6.45) is 9.14. The van der Waals surface area contributed by atoms with Gasteiger partial charge in [0.15, 0.2) is 0 Å². The number of aryl methyl sites for hydroxylation is 1. The molecule has 0 aromatic heterocycles. The number of carbonyl (C=O) groups is 2. The minimum Gasteiger partial charge on any atom is -0.338 e. The van der Waals surface area contributed by atoms with Crippen molar-refractivity contribution in [1.82, 2.24) is 15.5 Å². The largest absolute Gasteiger partial charge is 0.338 e. The number of likely N-dealkylation sites (tertiary alicyclic amines) is 1. The molecule has 148 valence electrons. The molecule has 1 saturated carbocycles. The zero-order chi connectivity index (χ0) is 19.1. The normalized spacial score (nSPS) is 20.5. The van der Waals surface area contributed by atoms with E-state index in [1.54, 1.807) is 0 Å². The number of hydrogen-bond donors (Lipinski definition) is 2. The Balaban J connectivity index is 1.39. The first-order chi connectivity index (χ1) is 13.1. The maximum absolute atomic E-state index is 12.7. The first kappa shape index (κ1) is 19.7. The lowest BCUT2D eigenvalue weighted by Crippen LogP contribution is -2.43. The minimum atomic E-state index is -0.0895. The van der Waals surface area contributed by atoms with Gasteiger partial charge >= 0.3 is 6.03 Å². The van der Waals surface area contributed by atoms with Crippen molar-refractivity contribution in [2.24, 2.45) is 0 Å². The standard InChI is InChI=1S/C22H33N3O2/c1-17-9-5-6-12-19(17)20-13-8-16-25(20)21(26)14-7-15-23-22(27)24-18-10-3-2-4-11-18/h5-6,9,12,18,20H,2-4,7-8,10-11,13-16H2,1H3,(H2,23,24,27). The molecule has 1 aromatic carbocycles. The van der Waals surface area contributed by atoms with Crippen LogP contribution >= 0.6 is 0 Å². The molecule has 1 atom stereocenters. The van der Waals surface area contributed by atoms with Gasteiger partial charge in [-0.05, 0) is 50.2 Å². The summed E-state index contributed by atoms with van der Waals surface area (Å²) in [6.45, 7) is 3.51. The number of amides is 3. The van der Waals surface area contributed by atoms with E-state index >= 15 is 0 Å². The molecule has 1 saturated heterocycles. The van der Waals surface area contributed by atoms with Crippen LogP contribution in [0.15, 0.2) is 24.3 Å². The lowest BCUT2D eigenvalue weighted by molar-refractivity contribution is -0.132. The Morgan fingerprint density at radius 1 is 1.07 bits per heavy atom. The fourth-order valence-corrected chi connectivity index (χ4v) is 4.42. The number of benzene rings is 1. The van der Waals surface area contributed by atoms with Gasteiger partial charge in [0.1, 0.15) is 0 Å². The van der Waals surface area contributed by atoms with Crippen molar-refractivity contribution in [3.63, 3.8) is 0 Å². The molecule has 1 aliphatic heterocycles. The van der Waals surface area contributed by atoms with Crippen molar-refractivity contribution in [3.05, 3.63) is 35.4 Å². The summed E-state index contributed by atoms with van der Waals surface area (Å²) in [6, 6.07) is 8.80. The molecule has 0 radical (unpaired) electrons. The second kappa shape index (κ2) is 9.77. The molecule has 1 aromatic rings. The smallest absolute Gasteiger partial charge is 0.315 e. The molecule has 27 heavy (non-hydrogen) atoms. The van der Waals surface area contributed by atoms with Gasteiger partial charge < -0.3 is 15.5 Å². The van der Waals surface area contributed by atoms with E-state index in [0.717, 1.165) is 32.2 Å². The van der Waals surface area contributed by atoms with Gasteiger partial charge in [0.2, 0.25) is 5.91 Å². The van der Waals surface area contributed by atoms with Crippen molar-refractivity contribution in [2.75, 3.05) is 13.1 Å². The first-order valence-corrected chi connectivity index (χ1v) is 10.5. The van der Waals surface area contributed by atoms with E-state index in [2.05, 4.69) is 35.8 Å². The molecule has 5 nitrogen and oxygen atoms in total. The number of hydrogen-bond acceptors (Lipinski definition) is 2. The van der Waals surface area contributed by atoms with Crippen molar-refractivity contribution >= 4 is 11.9 Å². The van der Waals surface area contributed by atoms with Gasteiger partial charge in [-0.2, -0.15) is 0 Å². The second-order valence-corrected chi connectivity index (χ2v) is 7.94. The van der Waals surface area contributed by atoms with Crippen LogP contribution in [-0.2, 0) is 4.79 Å². The van der Waals surface area contributed by atoms with Crippen LogP contribution in [-0.4, -0.2) is 36.0 Å². The Kier molecular flexibility index (Phi) is 7.13. The molecule has 5 heteroatoms. The van der Waals surface area contributed by atoms with Gasteiger partial charge in [0.25, 0.3) is 0 Å². The Hall–Kier alpha value is -2.04. The average molecular weight is 372 g/mol. The highest BCUT2D eigenvalue weighted by atomic mass is 16.2. The molecule has 2 aliphatic rings. The van der Waals surface area contributed by atoms with Crippen LogP contribution in [0.25, 0.3) is 0 Å². The van der Waals surface area contributed by atoms with Crippen LogP contribution in [0, 0.1) is 6.92 Å². The summed E-state index contributed by atoms with van der Waals surface area (Å²) >= 11 is 0. The van der Waals surface area contributed by atoms with Crippen LogP contribution in [0.2, 0.25) is 0 Å². The molecular weight excluding hydrogens is 338 g/mol. The molecule has 0 bridgehead atoms. The van der Waals surface area contributed by atoms with Gasteiger partial charge in [-0.15, -0.1) is 0 Å². The van der Waals surface area contributed by atoms with Gasteiger partial charge in [0.05, 0.1) is 6.04 Å². The van der Waals surface area contributed by atoms with Crippen LogP contribution in [0.5, 0.6) is 0 Å². The van der Waals surface area contributed by atoms with Crippen LogP contribution < -0.4 is 10.6 Å². The molecule has 2 N–H and O–H groups in total. The number of nitrogens with one attached hydrogen (secondary N) is 2. The zero-order valence-corrected chi connectivity index (χ0v) is 16.5. The molecule has 1 aliphatic carbocycles. The van der Waals surface area contributed by atoms with Gasteiger partial charge in [-0.3, -0.25) is 4.79 Å². The van der Waals surface area contributed by atoms with Crippen LogP contribution in [0.1, 0.15) is 75.0 Å². The van der Waals surface area contributed by atoms with E-state index in [4.69, 9.17) is 0 Å². The summed E-state index contributed by atoms with van der Waals surface area (Å²) in [7, 11) is 0. The first-order valence-electron chi connectivity index (χ1n) is 10.5. The summed E-state index contributed by atoms with van der Waals surface area (Å²) < 4.78 is 0. The van der Waals surface area contributed by atoms with Gasteiger partial charge in [-0.1, -0.05) is 43.5 Å². The number of urea groups is 1. The third-order valence-electron chi connectivity index (χ3n) is 5.91. The third-order valence-corrected chi connectivity index (χ3v) is 5.91. The molecule has 3 amide bonds. The van der Waals surface area contributed by atoms with E-state index in [-0.39, 0.29) is 18.0 Å². The molecule has 0 spiro atoms. The third kappa shape index (κ3) is 5.47. The van der Waals surface area contributed by atoms with E-state index < -0.39 is 0 Å². The van der Waals surface area contributed by atoms with Gasteiger partial charge in [-0.25, -0.2) is 4.79 Å². The predicted octanol–water partition coefficient (Wildman–Crippen LogP) is 4.07. The number of nitrogens with zero attached hydrogens (tertiary/aromatic N) is 1. The lowest BCUT2D eigenvalue weighted by Gasteiger charge is -2.26. The highest BCUT2D eigenvalue weighted by Gasteiger charge is 2.30. The average Bonchev–Trinajstić information content (AvgIpc) is 3.16. The van der Waals surface area contributed by atoms with Gasteiger partial charge in [0, 0.05) is 25.6 Å². The fraction of sp³-hybridized carbons (Fsp3) is 0.636. The Morgan fingerprint density at radius 3 is 2.63 bits per heavy atom.